The molecule has 0 rings (SSSR count). The third kappa shape index (κ3) is 7.75. The van der Waals surface area contributed by atoms with Crippen LogP contribution in [0, 0.1) is 5.41 Å². The number of nitrogens with two attached hydrogens (primary N) is 2. The highest BCUT2D eigenvalue weighted by molar-refractivity contribution is 5.74. The number of carbonyl (C=O) groups is 1. The van der Waals surface area contributed by atoms with Crippen LogP contribution in [0.25, 0.3) is 0 Å². The second-order valence-corrected chi connectivity index (χ2v) is 2.37. The lowest BCUT2D eigenvalue weighted by molar-refractivity contribution is 0.0608. The quantitative estimate of drug-likeness (QED) is 0.150. The van der Waals surface area contributed by atoms with E-state index in [0.717, 1.165) is 4.90 Å². The van der Waals surface area contributed by atoms with Gasteiger partial charge in [-0.2, -0.15) is 0 Å². The van der Waals surface area contributed by atoms with Gasteiger partial charge < -0.3 is 31.9 Å². The number of hydrogen-bond acceptors (Lipinski definition) is 6. The summed E-state index contributed by atoms with van der Waals surface area (Å²) in [6, 6.07) is -0.838. The molecule has 0 aliphatic carbocycles. The fourth-order valence-corrected chi connectivity index (χ4v) is 0.381. The SMILES string of the molecule is N=C(N)N(CO)CO.NC(=O)N(CO)CO. The van der Waals surface area contributed by atoms with Crippen molar-refractivity contribution in [2.24, 2.45) is 11.5 Å². The van der Waals surface area contributed by atoms with Crippen molar-refractivity contribution in [2.75, 3.05) is 26.9 Å². The first-order valence-electron chi connectivity index (χ1n) is 4.01. The Balaban J connectivity index is 0. The molecule has 0 aliphatic rings. The molecule has 0 saturated heterocycles. The molecular weight excluding hydrogens is 222 g/mol. The van der Waals surface area contributed by atoms with Crippen LogP contribution in [-0.2, 0) is 0 Å². The van der Waals surface area contributed by atoms with Gasteiger partial charge >= 0.3 is 6.03 Å². The van der Waals surface area contributed by atoms with Gasteiger partial charge in [0.25, 0.3) is 0 Å². The van der Waals surface area contributed by atoms with Crippen LogP contribution in [-0.4, -0.2) is 69.1 Å². The molecular formula is C6H17N5O5. The first kappa shape index (κ1) is 16.8. The molecule has 0 atom stereocenters. The van der Waals surface area contributed by atoms with Crippen molar-refractivity contribution < 1.29 is 25.2 Å². The molecule has 0 heterocycles. The topological polar surface area (TPSA) is 180 Å². The highest BCUT2D eigenvalue weighted by Crippen LogP contribution is 1.78. The van der Waals surface area contributed by atoms with Crippen LogP contribution in [0.1, 0.15) is 0 Å². The number of nitrogens with one attached hydrogen (secondary N) is 1. The number of carbonyl (C=O) groups excluding carboxylic acids is 1. The minimum Gasteiger partial charge on any atom is -0.376 e. The summed E-state index contributed by atoms with van der Waals surface area (Å²) in [7, 11) is 0. The summed E-state index contributed by atoms with van der Waals surface area (Å²) in [5.41, 5.74) is 9.47. The Morgan fingerprint density at radius 2 is 1.25 bits per heavy atom. The Morgan fingerprint density at radius 3 is 1.25 bits per heavy atom. The maximum atomic E-state index is 9.99. The second-order valence-electron chi connectivity index (χ2n) is 2.37. The van der Waals surface area contributed by atoms with Crippen LogP contribution in [0.15, 0.2) is 0 Å². The normalized spacial score (nSPS) is 8.75. The molecule has 0 aliphatic heterocycles. The molecule has 0 spiro atoms. The zero-order valence-corrected chi connectivity index (χ0v) is 8.57. The molecule has 0 aromatic heterocycles. The lowest BCUT2D eigenvalue weighted by Gasteiger charge is -2.14. The zero-order valence-electron chi connectivity index (χ0n) is 8.57. The Kier molecular flexibility index (Phi) is 10.4. The highest BCUT2D eigenvalue weighted by Gasteiger charge is 2.02. The molecule has 0 bridgehead atoms. The van der Waals surface area contributed by atoms with Gasteiger partial charge in [0.1, 0.15) is 26.9 Å². The summed E-state index contributed by atoms with van der Waals surface area (Å²) < 4.78 is 0. The molecule has 0 fully saturated rings. The molecule has 10 heteroatoms. The van der Waals surface area contributed by atoms with Crippen molar-refractivity contribution in [2.45, 2.75) is 0 Å². The van der Waals surface area contributed by atoms with Gasteiger partial charge in [-0.1, -0.05) is 0 Å². The molecule has 0 radical (unpaired) electrons. The van der Waals surface area contributed by atoms with Crippen molar-refractivity contribution in [3.63, 3.8) is 0 Å². The van der Waals surface area contributed by atoms with E-state index in [2.05, 4.69) is 5.73 Å². The summed E-state index contributed by atoms with van der Waals surface area (Å²) in [6.07, 6.45) is 0. The van der Waals surface area contributed by atoms with E-state index >= 15 is 0 Å². The summed E-state index contributed by atoms with van der Waals surface area (Å²) in [4.78, 5) is 11.5. The molecule has 16 heavy (non-hydrogen) atoms. The number of aliphatic hydroxyl groups is 4. The van der Waals surface area contributed by atoms with Crippen LogP contribution >= 0.6 is 0 Å². The van der Waals surface area contributed by atoms with Gasteiger partial charge in [-0.3, -0.25) is 15.2 Å². The lowest BCUT2D eigenvalue weighted by Crippen LogP contribution is -2.37. The van der Waals surface area contributed by atoms with E-state index in [9.17, 15) is 4.79 Å². The van der Waals surface area contributed by atoms with E-state index in [-0.39, 0.29) is 5.96 Å². The largest absolute Gasteiger partial charge is 0.376 e. The number of primary amides is 1. The van der Waals surface area contributed by atoms with Crippen LogP contribution in [0.2, 0.25) is 0 Å². The number of urea groups is 1. The number of hydrogen-bond donors (Lipinski definition) is 7. The molecule has 0 unspecified atom stereocenters. The Morgan fingerprint density at radius 1 is 0.938 bits per heavy atom. The number of nitrogens with zero attached hydrogens (tertiary/aromatic N) is 2. The number of amides is 2. The number of guanidine groups is 1. The number of rotatable bonds is 4. The Bertz CT molecular complexity index is 183. The van der Waals surface area contributed by atoms with Crippen molar-refractivity contribution in [1.82, 2.24) is 9.80 Å². The van der Waals surface area contributed by atoms with Crippen molar-refractivity contribution >= 4 is 12.0 Å². The van der Waals surface area contributed by atoms with Crippen molar-refractivity contribution in [1.29, 1.82) is 5.41 Å². The molecule has 0 aromatic carbocycles. The first-order valence-corrected chi connectivity index (χ1v) is 4.01. The van der Waals surface area contributed by atoms with Gasteiger partial charge in [-0.25, -0.2) is 4.79 Å². The van der Waals surface area contributed by atoms with E-state index in [1.54, 1.807) is 0 Å². The molecule has 9 N–H and O–H groups in total. The molecule has 2 amide bonds. The maximum Gasteiger partial charge on any atom is 0.318 e. The third-order valence-electron chi connectivity index (χ3n) is 1.34. The average molecular weight is 239 g/mol. The van der Waals surface area contributed by atoms with Gasteiger partial charge in [0, 0.05) is 0 Å². The van der Waals surface area contributed by atoms with Gasteiger partial charge in [0.05, 0.1) is 0 Å². The summed E-state index contributed by atoms with van der Waals surface area (Å²) in [5.74, 6) is -0.338. The monoisotopic (exact) mass is 239 g/mol. The van der Waals surface area contributed by atoms with E-state index < -0.39 is 33.0 Å². The highest BCUT2D eigenvalue weighted by atomic mass is 16.3. The van der Waals surface area contributed by atoms with E-state index in [1.807, 2.05) is 0 Å². The summed E-state index contributed by atoms with van der Waals surface area (Å²) in [5, 5.41) is 39.4. The smallest absolute Gasteiger partial charge is 0.318 e. The second kappa shape index (κ2) is 9.92. The molecule has 10 nitrogen and oxygen atoms in total. The van der Waals surface area contributed by atoms with E-state index in [1.165, 1.54) is 0 Å². The predicted octanol–water partition coefficient (Wildman–Crippen LogP) is -3.65. The predicted molar refractivity (Wildman–Crippen MR) is 53.5 cm³/mol. The first-order chi connectivity index (χ1) is 7.44. The molecule has 0 aromatic rings. The molecule has 0 saturated carbocycles. The van der Waals surface area contributed by atoms with Crippen LogP contribution in [0.3, 0.4) is 0 Å². The van der Waals surface area contributed by atoms with Gasteiger partial charge in [-0.05, 0) is 0 Å². The minimum atomic E-state index is -0.838. The number of aliphatic hydroxyl groups excluding tert-OH is 4. The Hall–Kier alpha value is -1.62. The Labute approximate surface area is 91.8 Å². The van der Waals surface area contributed by atoms with Gasteiger partial charge in [0.15, 0.2) is 5.96 Å². The van der Waals surface area contributed by atoms with Crippen LogP contribution in [0.5, 0.6) is 0 Å². The van der Waals surface area contributed by atoms with Crippen molar-refractivity contribution in [3.05, 3.63) is 0 Å². The zero-order chi connectivity index (χ0) is 13.1. The third-order valence-corrected chi connectivity index (χ3v) is 1.34. The minimum absolute atomic E-state index is 0.338. The summed E-state index contributed by atoms with van der Waals surface area (Å²) >= 11 is 0. The fourth-order valence-electron chi connectivity index (χ4n) is 0.381. The maximum absolute atomic E-state index is 9.99. The van der Waals surface area contributed by atoms with Crippen LogP contribution < -0.4 is 11.5 Å². The summed E-state index contributed by atoms with van der Waals surface area (Å²) in [6.45, 7) is -1.95. The average Bonchev–Trinajstić information content (AvgIpc) is 2.21. The van der Waals surface area contributed by atoms with Gasteiger partial charge in [0.2, 0.25) is 0 Å². The van der Waals surface area contributed by atoms with Gasteiger partial charge in [-0.15, -0.1) is 0 Å². The molecule has 96 valence electrons. The van der Waals surface area contributed by atoms with E-state index in [4.69, 9.17) is 31.6 Å². The fraction of sp³-hybridized carbons (Fsp3) is 0.667. The lowest BCUT2D eigenvalue weighted by atomic mass is 10.8. The van der Waals surface area contributed by atoms with Crippen LogP contribution in [0.4, 0.5) is 4.79 Å². The van der Waals surface area contributed by atoms with E-state index in [0.29, 0.717) is 4.90 Å². The standard InChI is InChI=1S/C3H9N3O2.C3H8N2O3/c4-3(5)6(1-7)2-8;4-3(8)5(1-6)2-7/h7-8H,1-2H2,(H3,4,5);6-7H,1-2H2,(H2,4,8). The van der Waals surface area contributed by atoms with Crippen molar-refractivity contribution in [3.8, 4) is 0 Å².